The lowest BCUT2D eigenvalue weighted by molar-refractivity contribution is -0.117. The number of amides is 1. The third-order valence-electron chi connectivity index (χ3n) is 5.05. The quantitative estimate of drug-likeness (QED) is 0.448. The molecule has 0 saturated carbocycles. The summed E-state index contributed by atoms with van der Waals surface area (Å²) in [5, 5.41) is 12.5. The fourth-order valence-corrected chi connectivity index (χ4v) is 4.36. The molecule has 1 amide bonds. The molecule has 0 fully saturated rings. The molecule has 0 radical (unpaired) electrons. The minimum atomic E-state index is -0.200. The molecule has 0 saturated heterocycles. The number of aromatic nitrogens is 4. The van der Waals surface area contributed by atoms with Crippen molar-refractivity contribution in [3.05, 3.63) is 90.5 Å². The topological polar surface area (TPSA) is 73.1 Å². The molecule has 0 aliphatic carbocycles. The Balaban J connectivity index is 1.41. The minimum Gasteiger partial charge on any atom is -0.489 e. The largest absolute Gasteiger partial charge is 0.489 e. The Bertz CT molecular complexity index is 1180. The Morgan fingerprint density at radius 3 is 2.48 bits per heavy atom. The molecule has 1 aliphatic rings. The van der Waals surface area contributed by atoms with Gasteiger partial charge in [0.2, 0.25) is 11.1 Å². The number of hydrogen-bond donors (Lipinski definition) is 0. The molecular formula is C23H19N5O2S. The molecule has 1 atom stereocenters. The van der Waals surface area contributed by atoms with Gasteiger partial charge in [-0.2, -0.15) is 4.68 Å². The first-order valence-electron chi connectivity index (χ1n) is 9.87. The van der Waals surface area contributed by atoms with Gasteiger partial charge in [0.15, 0.2) is 0 Å². The van der Waals surface area contributed by atoms with E-state index in [9.17, 15) is 4.79 Å². The van der Waals surface area contributed by atoms with Crippen LogP contribution in [0.1, 0.15) is 11.6 Å². The van der Waals surface area contributed by atoms with Crippen LogP contribution in [0.4, 0.5) is 5.69 Å². The van der Waals surface area contributed by atoms with Crippen molar-refractivity contribution in [2.75, 3.05) is 17.3 Å². The van der Waals surface area contributed by atoms with Gasteiger partial charge in [0.1, 0.15) is 12.4 Å². The number of hydrogen-bond acceptors (Lipinski definition) is 6. The van der Waals surface area contributed by atoms with Crippen LogP contribution in [0.3, 0.4) is 0 Å². The number of ether oxygens (including phenoxy) is 1. The number of para-hydroxylation sites is 3. The van der Waals surface area contributed by atoms with Gasteiger partial charge in [-0.25, -0.2) is 0 Å². The number of carbonyl (C=O) groups is 1. The van der Waals surface area contributed by atoms with Gasteiger partial charge >= 0.3 is 0 Å². The lowest BCUT2D eigenvalue weighted by Gasteiger charge is -2.37. The molecule has 8 heteroatoms. The van der Waals surface area contributed by atoms with Crippen molar-refractivity contribution in [1.29, 1.82) is 0 Å². The van der Waals surface area contributed by atoms with Crippen LogP contribution in [-0.4, -0.2) is 38.5 Å². The van der Waals surface area contributed by atoms with Crippen LogP contribution in [-0.2, 0) is 4.79 Å². The van der Waals surface area contributed by atoms with E-state index < -0.39 is 0 Å². The van der Waals surface area contributed by atoms with Crippen LogP contribution in [0.15, 0.2) is 90.1 Å². The Kier molecular flexibility index (Phi) is 5.37. The third-order valence-corrected chi connectivity index (χ3v) is 5.96. The van der Waals surface area contributed by atoms with E-state index in [4.69, 9.17) is 4.74 Å². The maximum Gasteiger partial charge on any atom is 0.238 e. The Hall–Kier alpha value is -3.65. The highest BCUT2D eigenvalue weighted by Crippen LogP contribution is 2.39. The second-order valence-corrected chi connectivity index (χ2v) is 7.91. The number of fused-ring (bicyclic) bond motifs is 1. The first kappa shape index (κ1) is 19.3. The van der Waals surface area contributed by atoms with Crippen LogP contribution < -0.4 is 9.64 Å². The Morgan fingerprint density at radius 1 is 0.968 bits per heavy atom. The molecule has 154 valence electrons. The lowest BCUT2D eigenvalue weighted by Crippen LogP contribution is -2.42. The second kappa shape index (κ2) is 8.61. The molecule has 2 heterocycles. The van der Waals surface area contributed by atoms with Crippen molar-refractivity contribution in [2.24, 2.45) is 0 Å². The van der Waals surface area contributed by atoms with E-state index in [1.807, 2.05) is 89.8 Å². The number of tetrazole rings is 1. The van der Waals surface area contributed by atoms with E-state index in [1.165, 1.54) is 11.8 Å². The maximum atomic E-state index is 13.5. The third kappa shape index (κ3) is 3.89. The van der Waals surface area contributed by atoms with Crippen molar-refractivity contribution < 1.29 is 9.53 Å². The summed E-state index contributed by atoms with van der Waals surface area (Å²) in [4.78, 5) is 15.3. The smallest absolute Gasteiger partial charge is 0.238 e. The standard InChI is InChI=1S/C23H19N5O2S/c29-22(16-31-23-24-25-26-28(23)18-11-5-2-6-12-18)27-19-13-7-8-14-21(19)30-15-20(27)17-9-3-1-4-10-17/h1-14,20H,15-16H2/t20-/m1/s1. The fourth-order valence-electron chi connectivity index (χ4n) is 3.61. The van der Waals surface area contributed by atoms with Gasteiger partial charge < -0.3 is 4.74 Å². The number of anilines is 1. The number of benzene rings is 3. The highest BCUT2D eigenvalue weighted by molar-refractivity contribution is 7.99. The molecule has 7 nitrogen and oxygen atoms in total. The van der Waals surface area contributed by atoms with Crippen molar-refractivity contribution in [1.82, 2.24) is 20.2 Å². The fraction of sp³-hybridized carbons (Fsp3) is 0.130. The van der Waals surface area contributed by atoms with E-state index in [0.29, 0.717) is 17.5 Å². The van der Waals surface area contributed by atoms with Gasteiger partial charge in [0.05, 0.1) is 23.2 Å². The highest BCUT2D eigenvalue weighted by atomic mass is 32.2. The van der Waals surface area contributed by atoms with E-state index in [-0.39, 0.29) is 17.7 Å². The monoisotopic (exact) mass is 429 g/mol. The molecule has 1 aliphatic heterocycles. The van der Waals surface area contributed by atoms with Crippen molar-refractivity contribution in [2.45, 2.75) is 11.2 Å². The summed E-state index contributed by atoms with van der Waals surface area (Å²) in [5.41, 5.74) is 2.65. The predicted molar refractivity (Wildman–Crippen MR) is 118 cm³/mol. The first-order chi connectivity index (χ1) is 15.3. The van der Waals surface area contributed by atoms with Crippen LogP contribution in [0, 0.1) is 0 Å². The molecule has 4 aromatic rings. The normalized spacial score (nSPS) is 15.2. The zero-order valence-electron chi connectivity index (χ0n) is 16.5. The molecule has 5 rings (SSSR count). The Labute approximate surface area is 183 Å². The van der Waals surface area contributed by atoms with Gasteiger partial charge in [0, 0.05) is 0 Å². The Morgan fingerprint density at radius 2 is 1.68 bits per heavy atom. The summed E-state index contributed by atoms with van der Waals surface area (Å²) in [5.74, 6) is 0.879. The van der Waals surface area contributed by atoms with E-state index in [2.05, 4.69) is 15.5 Å². The highest BCUT2D eigenvalue weighted by Gasteiger charge is 2.33. The molecule has 0 N–H and O–H groups in total. The number of nitrogens with zero attached hydrogens (tertiary/aromatic N) is 5. The summed E-state index contributed by atoms with van der Waals surface area (Å²) in [6.07, 6.45) is 0. The van der Waals surface area contributed by atoms with Crippen molar-refractivity contribution >= 4 is 23.4 Å². The zero-order chi connectivity index (χ0) is 21.0. The number of rotatable bonds is 5. The molecule has 1 aromatic heterocycles. The molecule has 0 spiro atoms. The number of carbonyl (C=O) groups excluding carboxylic acids is 1. The van der Waals surface area contributed by atoms with Crippen molar-refractivity contribution in [3.63, 3.8) is 0 Å². The average molecular weight is 430 g/mol. The van der Waals surface area contributed by atoms with Crippen LogP contribution in [0.25, 0.3) is 5.69 Å². The molecule has 3 aromatic carbocycles. The molecular weight excluding hydrogens is 410 g/mol. The van der Waals surface area contributed by atoms with E-state index in [0.717, 1.165) is 16.9 Å². The molecule has 0 unspecified atom stereocenters. The number of thioether (sulfide) groups is 1. The predicted octanol–water partition coefficient (Wildman–Crippen LogP) is 3.92. The van der Waals surface area contributed by atoms with Gasteiger partial charge in [-0.1, -0.05) is 72.4 Å². The molecule has 0 bridgehead atoms. The van der Waals surface area contributed by atoms with Gasteiger partial charge in [-0.05, 0) is 40.3 Å². The summed E-state index contributed by atoms with van der Waals surface area (Å²) in [6, 6.07) is 27.0. The van der Waals surface area contributed by atoms with Crippen molar-refractivity contribution in [3.8, 4) is 11.4 Å². The van der Waals surface area contributed by atoms with Crippen LogP contribution >= 0.6 is 11.8 Å². The molecule has 31 heavy (non-hydrogen) atoms. The lowest BCUT2D eigenvalue weighted by atomic mass is 10.0. The van der Waals surface area contributed by atoms with Crippen LogP contribution in [0.5, 0.6) is 5.75 Å². The summed E-state index contributed by atoms with van der Waals surface area (Å²) in [7, 11) is 0. The summed E-state index contributed by atoms with van der Waals surface area (Å²) >= 11 is 1.32. The zero-order valence-corrected chi connectivity index (χ0v) is 17.4. The van der Waals surface area contributed by atoms with Gasteiger partial charge in [-0.3, -0.25) is 9.69 Å². The summed E-state index contributed by atoms with van der Waals surface area (Å²) < 4.78 is 7.60. The van der Waals surface area contributed by atoms with Crippen LogP contribution in [0.2, 0.25) is 0 Å². The van der Waals surface area contributed by atoms with Gasteiger partial charge in [-0.15, -0.1) is 5.10 Å². The first-order valence-corrected chi connectivity index (χ1v) is 10.9. The van der Waals surface area contributed by atoms with E-state index in [1.54, 1.807) is 4.68 Å². The summed E-state index contributed by atoms with van der Waals surface area (Å²) in [6.45, 7) is 0.402. The second-order valence-electron chi connectivity index (χ2n) is 6.97. The van der Waals surface area contributed by atoms with E-state index >= 15 is 0 Å². The SMILES string of the molecule is O=C(CSc1nnnn1-c1ccccc1)N1c2ccccc2OC[C@@H]1c1ccccc1. The van der Waals surface area contributed by atoms with Gasteiger partial charge in [0.25, 0.3) is 0 Å². The average Bonchev–Trinajstić information content (AvgIpc) is 3.31. The minimum absolute atomic E-state index is 0.0304. The maximum absolute atomic E-state index is 13.5.